The SMILES string of the molecule is CC(c1ccccc1)C(O)(CC(F)(F)C(F)(F)C(F)(F)C(F)(F)C(F)(F)C(F)(F)F)c1ccccc1C#N. The molecule has 15 heteroatoms. The maximum Gasteiger partial charge on any atom is 0.460 e. The van der Waals surface area contributed by atoms with E-state index in [-0.39, 0.29) is 5.56 Å². The minimum absolute atomic E-state index is 0.109. The zero-order chi connectivity index (χ0) is 29.6. The molecule has 0 heterocycles. The van der Waals surface area contributed by atoms with Gasteiger partial charge in [-0.25, -0.2) is 0 Å². The fraction of sp³-hybridized carbons (Fsp3) is 0.435. The zero-order valence-electron chi connectivity index (χ0n) is 18.8. The van der Waals surface area contributed by atoms with Crippen LogP contribution in [0.1, 0.15) is 36.0 Å². The number of hydrogen-bond donors (Lipinski definition) is 1. The number of aliphatic hydroxyl groups is 1. The Bertz CT molecular complexity index is 1170. The van der Waals surface area contributed by atoms with Crippen LogP contribution in [0.4, 0.5) is 57.1 Å². The van der Waals surface area contributed by atoms with Crippen LogP contribution >= 0.6 is 0 Å². The van der Waals surface area contributed by atoms with Gasteiger partial charge in [0.25, 0.3) is 0 Å². The first-order valence-electron chi connectivity index (χ1n) is 10.3. The summed E-state index contributed by atoms with van der Waals surface area (Å²) in [5.74, 6) is -39.8. The molecule has 0 amide bonds. The van der Waals surface area contributed by atoms with Crippen molar-refractivity contribution in [1.82, 2.24) is 0 Å². The van der Waals surface area contributed by atoms with Crippen molar-refractivity contribution in [1.29, 1.82) is 5.26 Å². The van der Waals surface area contributed by atoms with E-state index in [0.29, 0.717) is 0 Å². The Balaban J connectivity index is 2.74. The van der Waals surface area contributed by atoms with Gasteiger partial charge in [0.2, 0.25) is 0 Å². The van der Waals surface area contributed by atoms with Gasteiger partial charge in [0.15, 0.2) is 0 Å². The molecule has 0 aromatic heterocycles. The predicted molar refractivity (Wildman–Crippen MR) is 105 cm³/mol. The van der Waals surface area contributed by atoms with Crippen LogP contribution in [0.25, 0.3) is 0 Å². The molecule has 0 aliphatic heterocycles. The Morgan fingerprint density at radius 3 is 1.61 bits per heavy atom. The first-order valence-corrected chi connectivity index (χ1v) is 10.3. The Kier molecular flexibility index (Phi) is 7.90. The van der Waals surface area contributed by atoms with Gasteiger partial charge >= 0.3 is 35.8 Å². The summed E-state index contributed by atoms with van der Waals surface area (Å²) in [6.45, 7) is 0.919. The predicted octanol–water partition coefficient (Wildman–Crippen LogP) is 7.68. The number of rotatable bonds is 9. The van der Waals surface area contributed by atoms with Crippen LogP contribution < -0.4 is 0 Å². The molecule has 1 N–H and O–H groups in total. The van der Waals surface area contributed by atoms with E-state index in [1.54, 1.807) is 0 Å². The summed E-state index contributed by atoms with van der Waals surface area (Å²) in [6, 6.07) is 11.5. The molecule has 2 rings (SSSR count). The summed E-state index contributed by atoms with van der Waals surface area (Å²) < 4.78 is 177. The van der Waals surface area contributed by atoms with Gasteiger partial charge in [0.1, 0.15) is 5.60 Å². The molecule has 0 bridgehead atoms. The number of alkyl halides is 13. The van der Waals surface area contributed by atoms with E-state index in [1.165, 1.54) is 24.3 Å². The van der Waals surface area contributed by atoms with Crippen LogP contribution in [0.3, 0.4) is 0 Å². The van der Waals surface area contributed by atoms with Crippen molar-refractivity contribution in [3.63, 3.8) is 0 Å². The molecule has 2 atom stereocenters. The maximum absolute atomic E-state index is 14.9. The molecule has 0 saturated heterocycles. The number of benzene rings is 2. The fourth-order valence-electron chi connectivity index (χ4n) is 3.71. The maximum atomic E-state index is 14.9. The lowest BCUT2D eigenvalue weighted by molar-refractivity contribution is -0.441. The van der Waals surface area contributed by atoms with Gasteiger partial charge in [-0.15, -0.1) is 0 Å². The number of nitrogens with zero attached hydrogens (tertiary/aromatic N) is 1. The third-order valence-electron chi connectivity index (χ3n) is 6.02. The molecule has 0 spiro atoms. The molecule has 2 aromatic carbocycles. The summed E-state index contributed by atoms with van der Waals surface area (Å²) in [6.07, 6.45) is -10.4. The summed E-state index contributed by atoms with van der Waals surface area (Å²) in [4.78, 5) is 0. The molecule has 0 fully saturated rings. The van der Waals surface area contributed by atoms with Crippen LogP contribution in [0.5, 0.6) is 0 Å². The molecule has 2 aromatic rings. The van der Waals surface area contributed by atoms with Gasteiger partial charge in [0.05, 0.1) is 18.1 Å². The Hall–Kier alpha value is -3.02. The van der Waals surface area contributed by atoms with Crippen LogP contribution in [0, 0.1) is 11.3 Å². The van der Waals surface area contributed by atoms with E-state index >= 15 is 0 Å². The minimum Gasteiger partial charge on any atom is -0.384 e. The quantitative estimate of drug-likeness (QED) is 0.315. The van der Waals surface area contributed by atoms with E-state index in [4.69, 9.17) is 0 Å². The van der Waals surface area contributed by atoms with Crippen molar-refractivity contribution in [3.8, 4) is 6.07 Å². The lowest BCUT2D eigenvalue weighted by Gasteiger charge is -2.43. The number of halogens is 13. The average molecular weight is 569 g/mol. The normalized spacial score (nSPS) is 16.5. The van der Waals surface area contributed by atoms with Crippen LogP contribution in [0.2, 0.25) is 0 Å². The van der Waals surface area contributed by atoms with Crippen molar-refractivity contribution < 1.29 is 62.2 Å². The highest BCUT2D eigenvalue weighted by Crippen LogP contribution is 2.62. The van der Waals surface area contributed by atoms with Gasteiger partial charge < -0.3 is 5.11 Å². The highest BCUT2D eigenvalue weighted by molar-refractivity contribution is 5.44. The lowest BCUT2D eigenvalue weighted by Crippen LogP contribution is -2.70. The average Bonchev–Trinajstić information content (AvgIpc) is 2.82. The first kappa shape index (κ1) is 31.2. The third kappa shape index (κ3) is 4.67. The Morgan fingerprint density at radius 1 is 0.684 bits per heavy atom. The van der Waals surface area contributed by atoms with Crippen molar-refractivity contribution >= 4 is 0 Å². The van der Waals surface area contributed by atoms with Crippen molar-refractivity contribution in [2.45, 2.75) is 60.7 Å². The third-order valence-corrected chi connectivity index (χ3v) is 6.02. The fourth-order valence-corrected chi connectivity index (χ4v) is 3.71. The minimum atomic E-state index is -8.06. The molecular formula is C23H16F13NO. The van der Waals surface area contributed by atoms with Crippen LogP contribution in [-0.2, 0) is 5.60 Å². The Morgan fingerprint density at radius 2 is 1.13 bits per heavy atom. The van der Waals surface area contributed by atoms with Crippen molar-refractivity contribution in [2.24, 2.45) is 0 Å². The van der Waals surface area contributed by atoms with Crippen LogP contribution in [-0.4, -0.2) is 40.9 Å². The van der Waals surface area contributed by atoms with Gasteiger partial charge in [-0.2, -0.15) is 62.3 Å². The van der Waals surface area contributed by atoms with E-state index in [0.717, 1.165) is 43.3 Å². The first-order chi connectivity index (χ1) is 17.0. The molecule has 0 saturated carbocycles. The van der Waals surface area contributed by atoms with Crippen LogP contribution in [0.15, 0.2) is 54.6 Å². The number of nitriles is 1. The molecule has 210 valence electrons. The van der Waals surface area contributed by atoms with Crippen molar-refractivity contribution in [3.05, 3.63) is 71.3 Å². The second kappa shape index (κ2) is 9.62. The summed E-state index contributed by atoms with van der Waals surface area (Å²) in [5.41, 5.74) is -5.05. The highest BCUT2D eigenvalue weighted by Gasteiger charge is 2.90. The van der Waals surface area contributed by atoms with Crippen molar-refractivity contribution in [2.75, 3.05) is 0 Å². The van der Waals surface area contributed by atoms with Gasteiger partial charge in [0, 0.05) is 11.5 Å². The Labute approximate surface area is 206 Å². The smallest absolute Gasteiger partial charge is 0.384 e. The monoisotopic (exact) mass is 569 g/mol. The van der Waals surface area contributed by atoms with Gasteiger partial charge in [-0.05, 0) is 11.6 Å². The zero-order valence-corrected chi connectivity index (χ0v) is 18.8. The molecule has 38 heavy (non-hydrogen) atoms. The lowest BCUT2D eigenvalue weighted by atomic mass is 9.72. The van der Waals surface area contributed by atoms with E-state index in [9.17, 15) is 67.4 Å². The molecule has 0 radical (unpaired) electrons. The second-order valence-electron chi connectivity index (χ2n) is 8.39. The highest BCUT2D eigenvalue weighted by atomic mass is 19.4. The summed E-state index contributed by atoms with van der Waals surface area (Å²) in [5, 5.41) is 20.5. The molecular weight excluding hydrogens is 553 g/mol. The summed E-state index contributed by atoms with van der Waals surface area (Å²) >= 11 is 0. The topological polar surface area (TPSA) is 44.0 Å². The van der Waals surface area contributed by atoms with Gasteiger partial charge in [-0.1, -0.05) is 55.5 Å². The standard InChI is InChI=1S/C23H16F13NO/c1-13(14-7-3-2-4-8-14)17(38,16-10-6-5-9-15(16)11-37)12-18(24,25)19(26,27)20(28,29)21(30,31)22(32,33)23(34,35)36/h2-10,13,38H,12H2,1H3. The van der Waals surface area contributed by atoms with E-state index in [1.807, 2.05) is 0 Å². The molecule has 2 nitrogen and oxygen atoms in total. The molecule has 2 unspecified atom stereocenters. The van der Waals surface area contributed by atoms with E-state index < -0.39 is 64.9 Å². The number of hydrogen-bond acceptors (Lipinski definition) is 2. The second-order valence-corrected chi connectivity index (χ2v) is 8.39. The van der Waals surface area contributed by atoms with Gasteiger partial charge in [-0.3, -0.25) is 0 Å². The summed E-state index contributed by atoms with van der Waals surface area (Å²) in [7, 11) is 0. The van der Waals surface area contributed by atoms with E-state index in [2.05, 4.69) is 0 Å². The molecule has 0 aliphatic rings. The molecule has 0 aliphatic carbocycles. The largest absolute Gasteiger partial charge is 0.460 e.